The lowest BCUT2D eigenvalue weighted by Gasteiger charge is -2.23. The van der Waals surface area contributed by atoms with Crippen molar-refractivity contribution in [2.75, 3.05) is 10.8 Å². The summed E-state index contributed by atoms with van der Waals surface area (Å²) in [6.07, 6.45) is -0.818. The predicted octanol–water partition coefficient (Wildman–Crippen LogP) is 4.06. The monoisotopic (exact) mass is 477 g/mol. The lowest BCUT2D eigenvalue weighted by Crippen LogP contribution is -2.30. The Morgan fingerprint density at radius 3 is 2.32 bits per heavy atom. The number of sulfonamides is 1. The summed E-state index contributed by atoms with van der Waals surface area (Å²) in [4.78, 5) is 32.0. The van der Waals surface area contributed by atoms with E-state index >= 15 is 0 Å². The number of anilines is 1. The molecule has 1 aromatic heterocycles. The summed E-state index contributed by atoms with van der Waals surface area (Å²) in [5, 5.41) is 0.443. The topological polar surface area (TPSA) is 109 Å². The third-order valence-corrected chi connectivity index (χ3v) is 7.23. The van der Waals surface area contributed by atoms with Gasteiger partial charge in [0.25, 0.3) is 15.6 Å². The second-order valence-electron chi connectivity index (χ2n) is 7.55. The number of nitrogens with one attached hydrogen (secondary N) is 1. The number of nitrogens with zero attached hydrogens (tertiary/aromatic N) is 2. The first-order valence-corrected chi connectivity index (χ1v) is 12.1. The van der Waals surface area contributed by atoms with Crippen LogP contribution in [-0.4, -0.2) is 30.9 Å². The zero-order chi connectivity index (χ0) is 24.3. The fourth-order valence-electron chi connectivity index (χ4n) is 3.56. The number of para-hydroxylation sites is 2. The average Bonchev–Trinajstić information content (AvgIpc) is 2.85. The van der Waals surface area contributed by atoms with Crippen LogP contribution in [0.1, 0.15) is 36.1 Å². The lowest BCUT2D eigenvalue weighted by molar-refractivity contribution is 0.0320. The molecule has 0 amide bonds. The molecule has 0 aliphatic rings. The van der Waals surface area contributed by atoms with Crippen LogP contribution in [0.3, 0.4) is 0 Å². The Labute approximate surface area is 196 Å². The fraction of sp³-hybridized carbons (Fsp3) is 0.160. The van der Waals surface area contributed by atoms with Crippen LogP contribution >= 0.6 is 0 Å². The molecular formula is C25H23N3O5S. The standard InChI is InChI=1S/C25H23N3O5S/c1-3-28(19-9-5-4-6-10-19)34(31,32)20-15-13-18(14-16-20)25(30)33-17(2)23-26-22-12-8-7-11-21(22)24(29)27-23/h4-17H,3H2,1-2H3,(H,26,27,29). The number of hydrogen-bond donors (Lipinski definition) is 1. The summed E-state index contributed by atoms with van der Waals surface area (Å²) < 4.78 is 33.0. The Kier molecular flexibility index (Phi) is 6.47. The Morgan fingerprint density at radius 2 is 1.65 bits per heavy atom. The largest absolute Gasteiger partial charge is 0.451 e. The molecule has 0 radical (unpaired) electrons. The van der Waals surface area contributed by atoms with Gasteiger partial charge in [0.15, 0.2) is 11.9 Å². The lowest BCUT2D eigenvalue weighted by atomic mass is 10.2. The number of H-pyrrole nitrogens is 1. The number of esters is 1. The van der Waals surface area contributed by atoms with Gasteiger partial charge in [0.2, 0.25) is 0 Å². The second kappa shape index (κ2) is 9.48. The minimum Gasteiger partial charge on any atom is -0.451 e. The molecule has 0 aliphatic carbocycles. The third kappa shape index (κ3) is 4.55. The summed E-state index contributed by atoms with van der Waals surface area (Å²) >= 11 is 0. The Morgan fingerprint density at radius 1 is 1.00 bits per heavy atom. The second-order valence-corrected chi connectivity index (χ2v) is 9.41. The van der Waals surface area contributed by atoms with Crippen molar-refractivity contribution in [3.05, 3.63) is 101 Å². The molecule has 0 saturated heterocycles. The van der Waals surface area contributed by atoms with Crippen LogP contribution < -0.4 is 9.86 Å². The van der Waals surface area contributed by atoms with E-state index in [4.69, 9.17) is 4.74 Å². The molecule has 34 heavy (non-hydrogen) atoms. The molecule has 0 fully saturated rings. The van der Waals surface area contributed by atoms with Crippen molar-refractivity contribution in [3.63, 3.8) is 0 Å². The molecule has 4 rings (SSSR count). The van der Waals surface area contributed by atoms with Gasteiger partial charge in [-0.2, -0.15) is 0 Å². The fourth-order valence-corrected chi connectivity index (χ4v) is 5.03. The van der Waals surface area contributed by atoms with E-state index in [-0.39, 0.29) is 28.4 Å². The van der Waals surface area contributed by atoms with Gasteiger partial charge in [0.05, 0.1) is 27.0 Å². The number of fused-ring (bicyclic) bond motifs is 1. The molecule has 4 aromatic rings. The number of ether oxygens (including phenoxy) is 1. The van der Waals surface area contributed by atoms with Crippen LogP contribution in [-0.2, 0) is 14.8 Å². The predicted molar refractivity (Wildman–Crippen MR) is 129 cm³/mol. The minimum atomic E-state index is -3.81. The Bertz CT molecular complexity index is 1480. The first-order chi connectivity index (χ1) is 16.3. The maximum atomic E-state index is 13.1. The van der Waals surface area contributed by atoms with Gasteiger partial charge in [0, 0.05) is 6.54 Å². The van der Waals surface area contributed by atoms with E-state index in [1.807, 2.05) is 6.07 Å². The number of aromatic amines is 1. The number of carbonyl (C=O) groups is 1. The Balaban J connectivity index is 1.53. The van der Waals surface area contributed by atoms with Gasteiger partial charge in [0.1, 0.15) is 0 Å². The highest BCUT2D eigenvalue weighted by atomic mass is 32.2. The molecule has 1 atom stereocenters. The number of aromatic nitrogens is 2. The van der Waals surface area contributed by atoms with Gasteiger partial charge in [-0.25, -0.2) is 18.2 Å². The molecule has 3 aromatic carbocycles. The van der Waals surface area contributed by atoms with E-state index in [0.29, 0.717) is 16.6 Å². The van der Waals surface area contributed by atoms with Gasteiger partial charge in [-0.1, -0.05) is 30.3 Å². The highest BCUT2D eigenvalue weighted by molar-refractivity contribution is 7.92. The van der Waals surface area contributed by atoms with Gasteiger partial charge in [-0.15, -0.1) is 0 Å². The van der Waals surface area contributed by atoms with Gasteiger partial charge < -0.3 is 9.72 Å². The average molecular weight is 478 g/mol. The minimum absolute atomic E-state index is 0.0586. The molecule has 0 bridgehead atoms. The molecule has 1 unspecified atom stereocenters. The highest BCUT2D eigenvalue weighted by Crippen LogP contribution is 2.24. The molecule has 174 valence electrons. The molecule has 1 N–H and O–H groups in total. The number of hydrogen-bond acceptors (Lipinski definition) is 6. The summed E-state index contributed by atoms with van der Waals surface area (Å²) in [6.45, 7) is 3.61. The van der Waals surface area contributed by atoms with E-state index < -0.39 is 22.1 Å². The van der Waals surface area contributed by atoms with Crippen molar-refractivity contribution in [3.8, 4) is 0 Å². The van der Waals surface area contributed by atoms with Crippen LogP contribution in [0.2, 0.25) is 0 Å². The van der Waals surface area contributed by atoms with Crippen molar-refractivity contribution in [2.24, 2.45) is 0 Å². The van der Waals surface area contributed by atoms with Crippen molar-refractivity contribution in [1.29, 1.82) is 0 Å². The van der Waals surface area contributed by atoms with Crippen LogP contribution in [0, 0.1) is 0 Å². The number of carbonyl (C=O) groups excluding carboxylic acids is 1. The first-order valence-electron chi connectivity index (χ1n) is 10.7. The van der Waals surface area contributed by atoms with E-state index in [1.165, 1.54) is 28.6 Å². The maximum absolute atomic E-state index is 13.1. The maximum Gasteiger partial charge on any atom is 0.338 e. The molecule has 9 heteroatoms. The summed E-state index contributed by atoms with van der Waals surface area (Å²) in [5.74, 6) is -0.444. The summed E-state index contributed by atoms with van der Waals surface area (Å²) in [5.41, 5.74) is 0.908. The molecule has 0 spiro atoms. The van der Waals surface area contributed by atoms with Gasteiger partial charge in [-0.3, -0.25) is 9.10 Å². The van der Waals surface area contributed by atoms with Crippen LogP contribution in [0.15, 0.2) is 88.6 Å². The van der Waals surface area contributed by atoms with Crippen molar-refractivity contribution in [1.82, 2.24) is 9.97 Å². The highest BCUT2D eigenvalue weighted by Gasteiger charge is 2.24. The Hall–Kier alpha value is -3.98. The first kappa shape index (κ1) is 23.2. The van der Waals surface area contributed by atoms with E-state index in [2.05, 4.69) is 9.97 Å². The zero-order valence-corrected chi connectivity index (χ0v) is 19.5. The van der Waals surface area contributed by atoms with Crippen LogP contribution in [0.4, 0.5) is 5.69 Å². The number of benzene rings is 3. The zero-order valence-electron chi connectivity index (χ0n) is 18.6. The van der Waals surface area contributed by atoms with Crippen molar-refractivity contribution in [2.45, 2.75) is 24.8 Å². The normalized spacial score (nSPS) is 12.3. The van der Waals surface area contributed by atoms with Crippen LogP contribution in [0.25, 0.3) is 10.9 Å². The van der Waals surface area contributed by atoms with Gasteiger partial charge in [-0.05, 0) is 62.4 Å². The summed E-state index contributed by atoms with van der Waals surface area (Å²) in [6, 6.07) is 21.2. The SMILES string of the molecule is CCN(c1ccccc1)S(=O)(=O)c1ccc(C(=O)OC(C)c2nc3ccccc3c(=O)[nH]2)cc1. The van der Waals surface area contributed by atoms with Crippen molar-refractivity contribution < 1.29 is 17.9 Å². The molecular weight excluding hydrogens is 454 g/mol. The van der Waals surface area contributed by atoms with Gasteiger partial charge >= 0.3 is 5.97 Å². The van der Waals surface area contributed by atoms with E-state index in [1.54, 1.807) is 62.4 Å². The quantitative estimate of drug-likeness (QED) is 0.402. The van der Waals surface area contributed by atoms with E-state index in [0.717, 1.165) is 0 Å². The third-order valence-electron chi connectivity index (χ3n) is 5.31. The molecule has 1 heterocycles. The van der Waals surface area contributed by atoms with Crippen LogP contribution in [0.5, 0.6) is 0 Å². The molecule has 0 aliphatic heterocycles. The smallest absolute Gasteiger partial charge is 0.338 e. The molecule has 8 nitrogen and oxygen atoms in total. The summed E-state index contributed by atoms with van der Waals surface area (Å²) in [7, 11) is -3.81. The van der Waals surface area contributed by atoms with E-state index in [9.17, 15) is 18.0 Å². The number of rotatable bonds is 7. The van der Waals surface area contributed by atoms with Crippen molar-refractivity contribution >= 4 is 32.6 Å². The molecule has 0 saturated carbocycles.